The fraction of sp³-hybridized carbons (Fsp3) is 0.917. The zero-order valence-electron chi connectivity index (χ0n) is 9.82. The number of carbonyl (C=O) groups excluding carboxylic acids is 1. The SMILES string of the molecule is CC1CCN(C(=O)C2CCOCC2)C1CCl. The lowest BCUT2D eigenvalue weighted by Crippen LogP contribution is -2.43. The minimum atomic E-state index is 0.171. The van der Waals surface area contributed by atoms with Crippen molar-refractivity contribution in [1.29, 1.82) is 0 Å². The van der Waals surface area contributed by atoms with Gasteiger partial charge < -0.3 is 9.64 Å². The summed E-state index contributed by atoms with van der Waals surface area (Å²) in [5.74, 6) is 1.58. The fourth-order valence-electron chi connectivity index (χ4n) is 2.70. The number of carbonyl (C=O) groups is 1. The molecule has 0 radical (unpaired) electrons. The molecule has 92 valence electrons. The van der Waals surface area contributed by atoms with Crippen LogP contribution in [0.25, 0.3) is 0 Å². The maximum Gasteiger partial charge on any atom is 0.226 e. The van der Waals surface area contributed by atoms with Crippen molar-refractivity contribution >= 4 is 17.5 Å². The molecule has 0 aromatic heterocycles. The van der Waals surface area contributed by atoms with Crippen LogP contribution in [-0.4, -0.2) is 42.5 Å². The van der Waals surface area contributed by atoms with Crippen LogP contribution in [0.2, 0.25) is 0 Å². The highest BCUT2D eigenvalue weighted by Gasteiger charge is 2.36. The number of amides is 1. The lowest BCUT2D eigenvalue weighted by Gasteiger charge is -2.30. The molecule has 4 heteroatoms. The quantitative estimate of drug-likeness (QED) is 0.696. The number of nitrogens with zero attached hydrogens (tertiary/aromatic N) is 1. The van der Waals surface area contributed by atoms with E-state index in [0.717, 1.165) is 39.0 Å². The Balaban J connectivity index is 1.97. The molecule has 2 unspecified atom stereocenters. The van der Waals surface area contributed by atoms with Crippen LogP contribution in [0, 0.1) is 11.8 Å². The van der Waals surface area contributed by atoms with E-state index >= 15 is 0 Å². The third-order valence-corrected chi connectivity index (χ3v) is 4.21. The molecule has 0 bridgehead atoms. The zero-order valence-corrected chi connectivity index (χ0v) is 10.6. The van der Waals surface area contributed by atoms with Crippen molar-refractivity contribution in [2.75, 3.05) is 25.6 Å². The van der Waals surface area contributed by atoms with Crippen molar-refractivity contribution in [3.8, 4) is 0 Å². The van der Waals surface area contributed by atoms with Gasteiger partial charge in [0.2, 0.25) is 5.91 Å². The summed E-state index contributed by atoms with van der Waals surface area (Å²) >= 11 is 5.96. The molecule has 2 atom stereocenters. The molecule has 2 heterocycles. The first-order valence-electron chi connectivity index (χ1n) is 6.18. The number of halogens is 1. The summed E-state index contributed by atoms with van der Waals surface area (Å²) in [5.41, 5.74) is 0. The molecule has 2 aliphatic heterocycles. The predicted molar refractivity (Wildman–Crippen MR) is 63.5 cm³/mol. The summed E-state index contributed by atoms with van der Waals surface area (Å²) in [6.07, 6.45) is 2.84. The topological polar surface area (TPSA) is 29.5 Å². The van der Waals surface area contributed by atoms with Gasteiger partial charge in [-0.05, 0) is 25.2 Å². The standard InChI is InChI=1S/C12H20ClNO2/c1-9-2-5-14(11(9)8-13)12(15)10-3-6-16-7-4-10/h9-11H,2-8H2,1H3. The Morgan fingerprint density at radius 2 is 2.06 bits per heavy atom. The van der Waals surface area contributed by atoms with Gasteiger partial charge in [0.05, 0.1) is 0 Å². The van der Waals surface area contributed by atoms with Crippen molar-refractivity contribution in [2.45, 2.75) is 32.2 Å². The van der Waals surface area contributed by atoms with Gasteiger partial charge >= 0.3 is 0 Å². The van der Waals surface area contributed by atoms with Crippen LogP contribution >= 0.6 is 11.6 Å². The lowest BCUT2D eigenvalue weighted by molar-refractivity contribution is -0.139. The molecular formula is C12H20ClNO2. The first-order chi connectivity index (χ1) is 7.74. The van der Waals surface area contributed by atoms with Gasteiger partial charge in [0.15, 0.2) is 0 Å². The number of hydrogen-bond acceptors (Lipinski definition) is 2. The van der Waals surface area contributed by atoms with Crippen molar-refractivity contribution in [1.82, 2.24) is 4.90 Å². The number of likely N-dealkylation sites (tertiary alicyclic amines) is 1. The number of rotatable bonds is 2. The van der Waals surface area contributed by atoms with E-state index in [4.69, 9.17) is 16.3 Å². The fourth-order valence-corrected chi connectivity index (χ4v) is 3.17. The first-order valence-corrected chi connectivity index (χ1v) is 6.71. The van der Waals surface area contributed by atoms with Crippen molar-refractivity contribution in [2.24, 2.45) is 11.8 Å². The molecule has 0 spiro atoms. The average Bonchev–Trinajstić information content (AvgIpc) is 2.70. The van der Waals surface area contributed by atoms with Gasteiger partial charge in [-0.1, -0.05) is 6.92 Å². The van der Waals surface area contributed by atoms with Crippen LogP contribution in [-0.2, 0) is 9.53 Å². The van der Waals surface area contributed by atoms with Gasteiger partial charge in [0, 0.05) is 37.6 Å². The maximum atomic E-state index is 12.3. The molecule has 0 aliphatic carbocycles. The van der Waals surface area contributed by atoms with Crippen LogP contribution in [0.15, 0.2) is 0 Å². The summed E-state index contributed by atoms with van der Waals surface area (Å²) in [6.45, 7) is 4.52. The Bertz CT molecular complexity index is 253. The second-order valence-corrected chi connectivity index (χ2v) is 5.21. The van der Waals surface area contributed by atoms with E-state index in [0.29, 0.717) is 17.7 Å². The lowest BCUT2D eigenvalue weighted by atomic mass is 9.97. The summed E-state index contributed by atoms with van der Waals surface area (Å²) in [4.78, 5) is 14.3. The minimum absolute atomic E-state index is 0.171. The van der Waals surface area contributed by atoms with Crippen LogP contribution in [0.4, 0.5) is 0 Å². The van der Waals surface area contributed by atoms with Gasteiger partial charge in [0.1, 0.15) is 0 Å². The van der Waals surface area contributed by atoms with Gasteiger partial charge in [-0.2, -0.15) is 0 Å². The maximum absolute atomic E-state index is 12.3. The second-order valence-electron chi connectivity index (χ2n) is 4.91. The Morgan fingerprint density at radius 3 is 2.69 bits per heavy atom. The predicted octanol–water partition coefficient (Wildman–Crippen LogP) is 1.89. The van der Waals surface area contributed by atoms with E-state index in [1.54, 1.807) is 0 Å². The van der Waals surface area contributed by atoms with E-state index in [9.17, 15) is 4.79 Å². The van der Waals surface area contributed by atoms with E-state index < -0.39 is 0 Å². The average molecular weight is 246 g/mol. The zero-order chi connectivity index (χ0) is 11.5. The Hall–Kier alpha value is -0.280. The molecule has 16 heavy (non-hydrogen) atoms. The van der Waals surface area contributed by atoms with Gasteiger partial charge in [-0.25, -0.2) is 0 Å². The number of ether oxygens (including phenoxy) is 1. The highest BCUT2D eigenvalue weighted by atomic mass is 35.5. The first kappa shape index (κ1) is 12.2. The molecule has 1 amide bonds. The Kier molecular flexibility index (Phi) is 4.09. The normalized spacial score (nSPS) is 32.0. The summed E-state index contributed by atoms with van der Waals surface area (Å²) in [6, 6.07) is 0.247. The van der Waals surface area contributed by atoms with Gasteiger partial charge in [0.25, 0.3) is 0 Å². The second kappa shape index (κ2) is 5.37. The van der Waals surface area contributed by atoms with Crippen LogP contribution in [0.5, 0.6) is 0 Å². The molecule has 0 N–H and O–H groups in total. The van der Waals surface area contributed by atoms with Crippen LogP contribution < -0.4 is 0 Å². The van der Waals surface area contributed by atoms with Gasteiger partial charge in [-0.3, -0.25) is 4.79 Å². The smallest absolute Gasteiger partial charge is 0.226 e. The van der Waals surface area contributed by atoms with Crippen molar-refractivity contribution < 1.29 is 9.53 Å². The van der Waals surface area contributed by atoms with E-state index in [1.807, 2.05) is 4.90 Å². The molecule has 3 nitrogen and oxygen atoms in total. The van der Waals surface area contributed by atoms with E-state index in [-0.39, 0.29) is 12.0 Å². The Labute approximate surface area is 102 Å². The monoisotopic (exact) mass is 245 g/mol. The summed E-state index contributed by atoms with van der Waals surface area (Å²) in [7, 11) is 0. The van der Waals surface area contributed by atoms with Crippen molar-refractivity contribution in [3.05, 3.63) is 0 Å². The molecule has 2 aliphatic rings. The van der Waals surface area contributed by atoms with Crippen LogP contribution in [0.3, 0.4) is 0 Å². The van der Waals surface area contributed by atoms with Crippen LogP contribution in [0.1, 0.15) is 26.2 Å². The van der Waals surface area contributed by atoms with Crippen molar-refractivity contribution in [3.63, 3.8) is 0 Å². The van der Waals surface area contributed by atoms with E-state index in [2.05, 4.69) is 6.92 Å². The molecule has 2 saturated heterocycles. The highest BCUT2D eigenvalue weighted by molar-refractivity contribution is 6.18. The third-order valence-electron chi connectivity index (χ3n) is 3.89. The van der Waals surface area contributed by atoms with E-state index in [1.165, 1.54) is 0 Å². The minimum Gasteiger partial charge on any atom is -0.381 e. The summed E-state index contributed by atoms with van der Waals surface area (Å²) in [5, 5.41) is 0. The molecule has 0 aromatic carbocycles. The number of alkyl halides is 1. The molecule has 2 rings (SSSR count). The number of hydrogen-bond donors (Lipinski definition) is 0. The highest BCUT2D eigenvalue weighted by Crippen LogP contribution is 2.28. The Morgan fingerprint density at radius 1 is 1.38 bits per heavy atom. The largest absolute Gasteiger partial charge is 0.381 e. The molecule has 0 saturated carbocycles. The third kappa shape index (κ3) is 2.35. The molecule has 0 aromatic rings. The molecular weight excluding hydrogens is 226 g/mol. The molecule has 2 fully saturated rings. The summed E-state index contributed by atoms with van der Waals surface area (Å²) < 4.78 is 5.29. The van der Waals surface area contributed by atoms with Gasteiger partial charge in [-0.15, -0.1) is 11.6 Å².